The number of aromatic amines is 1. The molecular formula is C13H23N5O2. The summed E-state index contributed by atoms with van der Waals surface area (Å²) in [4.78, 5) is 16.3. The molecule has 1 saturated heterocycles. The lowest BCUT2D eigenvalue weighted by Crippen LogP contribution is -2.41. The minimum Gasteiger partial charge on any atom is -0.395 e. The Balaban J connectivity index is 2.20. The van der Waals surface area contributed by atoms with Crippen molar-refractivity contribution in [2.24, 2.45) is 0 Å². The van der Waals surface area contributed by atoms with E-state index in [1.165, 1.54) is 0 Å². The molecule has 2 atom stereocenters. The number of nitrogens with one attached hydrogen (secondary N) is 1. The summed E-state index contributed by atoms with van der Waals surface area (Å²) in [7, 11) is 3.90. The fourth-order valence-corrected chi connectivity index (χ4v) is 2.69. The van der Waals surface area contributed by atoms with E-state index in [1.807, 2.05) is 25.9 Å². The molecule has 20 heavy (non-hydrogen) atoms. The second kappa shape index (κ2) is 5.80. The second-order valence-corrected chi connectivity index (χ2v) is 5.58. The largest absolute Gasteiger partial charge is 0.395 e. The maximum atomic E-state index is 12.6. The number of likely N-dealkylation sites (N-methyl/N-ethyl adjacent to an activating group) is 1. The van der Waals surface area contributed by atoms with Crippen LogP contribution in [-0.4, -0.2) is 70.3 Å². The fourth-order valence-electron chi connectivity index (χ4n) is 2.69. The van der Waals surface area contributed by atoms with Gasteiger partial charge in [-0.15, -0.1) is 0 Å². The third-order valence-corrected chi connectivity index (χ3v) is 3.67. The molecular weight excluding hydrogens is 258 g/mol. The molecule has 2 rings (SSSR count). The molecule has 0 spiro atoms. The first kappa shape index (κ1) is 14.8. The zero-order valence-electron chi connectivity index (χ0n) is 12.3. The van der Waals surface area contributed by atoms with E-state index in [4.69, 9.17) is 5.73 Å². The molecule has 1 aromatic rings. The number of carbonyl (C=O) groups is 1. The van der Waals surface area contributed by atoms with Crippen molar-refractivity contribution in [3.8, 4) is 0 Å². The zero-order chi connectivity index (χ0) is 14.9. The van der Waals surface area contributed by atoms with E-state index >= 15 is 0 Å². The highest BCUT2D eigenvalue weighted by Crippen LogP contribution is 2.23. The van der Waals surface area contributed by atoms with Gasteiger partial charge in [0.05, 0.1) is 17.5 Å². The van der Waals surface area contributed by atoms with Gasteiger partial charge in [-0.25, -0.2) is 0 Å². The number of β-amino-alcohol motifs (C(OH)–C–C–N with tert-alkyl or cyclic N) is 1. The first-order chi connectivity index (χ1) is 9.43. The number of aliphatic hydroxyl groups is 1. The average Bonchev–Trinajstić information content (AvgIpc) is 2.91. The number of hydrogen-bond donors (Lipinski definition) is 3. The Bertz CT molecular complexity index is 485. The van der Waals surface area contributed by atoms with E-state index in [1.54, 1.807) is 4.90 Å². The molecule has 7 nitrogen and oxygen atoms in total. The minimum atomic E-state index is -0.477. The molecule has 2 heterocycles. The van der Waals surface area contributed by atoms with Crippen LogP contribution in [0.3, 0.4) is 0 Å². The lowest BCUT2D eigenvalue weighted by Gasteiger charge is -2.26. The number of carbonyl (C=O) groups excluding carboxylic acids is 1. The Morgan fingerprint density at radius 1 is 1.60 bits per heavy atom. The van der Waals surface area contributed by atoms with Crippen LogP contribution in [0.25, 0.3) is 0 Å². The third-order valence-electron chi connectivity index (χ3n) is 3.67. The standard InChI is InChI=1S/C13H23N5O2/c1-4-10-11(14)12(16-15-10)13(20)18-7-9(19)5-8(18)6-17(2)3/h8-9,19H,4-7,14H2,1-3H3,(H,15,16). The van der Waals surface area contributed by atoms with Crippen LogP contribution >= 0.6 is 0 Å². The quantitative estimate of drug-likeness (QED) is 0.703. The number of rotatable bonds is 4. The highest BCUT2D eigenvalue weighted by Gasteiger charge is 2.36. The van der Waals surface area contributed by atoms with Crippen LogP contribution in [0, 0.1) is 0 Å². The molecule has 4 N–H and O–H groups in total. The fraction of sp³-hybridized carbons (Fsp3) is 0.692. The van der Waals surface area contributed by atoms with Crippen molar-refractivity contribution in [3.63, 3.8) is 0 Å². The predicted molar refractivity (Wildman–Crippen MR) is 76.4 cm³/mol. The summed E-state index contributed by atoms with van der Waals surface area (Å²) in [6.07, 6.45) is 0.819. The number of likely N-dealkylation sites (tertiary alicyclic amines) is 1. The van der Waals surface area contributed by atoms with Crippen LogP contribution in [0.15, 0.2) is 0 Å². The van der Waals surface area contributed by atoms with Gasteiger partial charge in [-0.2, -0.15) is 5.10 Å². The second-order valence-electron chi connectivity index (χ2n) is 5.58. The van der Waals surface area contributed by atoms with E-state index in [9.17, 15) is 9.90 Å². The number of nitrogen functional groups attached to an aromatic ring is 1. The van der Waals surface area contributed by atoms with Crippen LogP contribution in [0.2, 0.25) is 0 Å². The molecule has 1 fully saturated rings. The molecule has 2 unspecified atom stereocenters. The van der Waals surface area contributed by atoms with Gasteiger partial charge in [0.2, 0.25) is 0 Å². The molecule has 0 radical (unpaired) electrons. The van der Waals surface area contributed by atoms with E-state index in [0.717, 1.165) is 5.69 Å². The smallest absolute Gasteiger partial charge is 0.276 e. The number of aromatic nitrogens is 2. The van der Waals surface area contributed by atoms with Gasteiger partial charge in [0.25, 0.3) is 5.91 Å². The highest BCUT2D eigenvalue weighted by molar-refractivity contribution is 5.98. The number of nitrogens with zero attached hydrogens (tertiary/aromatic N) is 3. The van der Waals surface area contributed by atoms with Crippen molar-refractivity contribution >= 4 is 11.6 Å². The molecule has 1 aliphatic heterocycles. The monoisotopic (exact) mass is 281 g/mol. The van der Waals surface area contributed by atoms with Crippen molar-refractivity contribution < 1.29 is 9.90 Å². The van der Waals surface area contributed by atoms with E-state index in [2.05, 4.69) is 10.2 Å². The highest BCUT2D eigenvalue weighted by atomic mass is 16.3. The SMILES string of the molecule is CCc1[nH]nc(C(=O)N2CC(O)CC2CN(C)C)c1N. The molecule has 0 saturated carbocycles. The Kier molecular flexibility index (Phi) is 4.29. The Labute approximate surface area is 118 Å². The first-order valence-corrected chi connectivity index (χ1v) is 6.90. The predicted octanol–water partition coefficient (Wildman–Crippen LogP) is -0.309. The number of H-pyrrole nitrogens is 1. The van der Waals surface area contributed by atoms with Gasteiger partial charge < -0.3 is 20.6 Å². The summed E-state index contributed by atoms with van der Waals surface area (Å²) in [5.41, 5.74) is 7.41. The van der Waals surface area contributed by atoms with Crippen molar-refractivity contribution in [1.82, 2.24) is 20.0 Å². The van der Waals surface area contributed by atoms with Crippen LogP contribution in [0.4, 0.5) is 5.69 Å². The van der Waals surface area contributed by atoms with Gasteiger partial charge in [0, 0.05) is 19.1 Å². The van der Waals surface area contributed by atoms with Crippen molar-refractivity contribution in [3.05, 3.63) is 11.4 Å². The topological polar surface area (TPSA) is 98.5 Å². The molecule has 0 aliphatic carbocycles. The van der Waals surface area contributed by atoms with E-state index < -0.39 is 6.10 Å². The number of aryl methyl sites for hydroxylation is 1. The number of hydrogen-bond acceptors (Lipinski definition) is 5. The maximum Gasteiger partial charge on any atom is 0.276 e. The Morgan fingerprint density at radius 2 is 2.30 bits per heavy atom. The molecule has 112 valence electrons. The van der Waals surface area contributed by atoms with Crippen LogP contribution in [-0.2, 0) is 6.42 Å². The lowest BCUT2D eigenvalue weighted by molar-refractivity contribution is 0.0694. The number of anilines is 1. The average molecular weight is 281 g/mol. The molecule has 0 aromatic carbocycles. The lowest BCUT2D eigenvalue weighted by atomic mass is 10.2. The van der Waals surface area contributed by atoms with Crippen LogP contribution in [0.5, 0.6) is 0 Å². The van der Waals surface area contributed by atoms with E-state index in [-0.39, 0.29) is 17.6 Å². The van der Waals surface area contributed by atoms with Gasteiger partial charge >= 0.3 is 0 Å². The summed E-state index contributed by atoms with van der Waals surface area (Å²) in [5.74, 6) is -0.207. The van der Waals surface area contributed by atoms with Crippen LogP contribution < -0.4 is 5.73 Å². The maximum absolute atomic E-state index is 12.6. The van der Waals surface area contributed by atoms with Gasteiger partial charge in [0.1, 0.15) is 0 Å². The van der Waals surface area contributed by atoms with Gasteiger partial charge in [-0.05, 0) is 26.9 Å². The summed E-state index contributed by atoms with van der Waals surface area (Å²) in [6, 6.07) is -0.00586. The molecule has 1 aliphatic rings. The van der Waals surface area contributed by atoms with Crippen LogP contribution in [0.1, 0.15) is 29.5 Å². The van der Waals surface area contributed by atoms with Gasteiger partial charge in [-0.3, -0.25) is 9.89 Å². The summed E-state index contributed by atoms with van der Waals surface area (Å²) >= 11 is 0. The third kappa shape index (κ3) is 2.78. The van der Waals surface area contributed by atoms with Crippen molar-refractivity contribution in [2.45, 2.75) is 31.9 Å². The van der Waals surface area contributed by atoms with Gasteiger partial charge in [-0.1, -0.05) is 6.92 Å². The number of nitrogens with two attached hydrogens (primary N) is 1. The Morgan fingerprint density at radius 3 is 2.85 bits per heavy atom. The van der Waals surface area contributed by atoms with Crippen molar-refractivity contribution in [1.29, 1.82) is 0 Å². The summed E-state index contributed by atoms with van der Waals surface area (Å²) < 4.78 is 0. The normalized spacial score (nSPS) is 22.8. The molecule has 1 aromatic heterocycles. The molecule has 7 heteroatoms. The molecule has 1 amide bonds. The Hall–Kier alpha value is -1.60. The number of aliphatic hydroxyl groups excluding tert-OH is 1. The first-order valence-electron chi connectivity index (χ1n) is 6.90. The zero-order valence-corrected chi connectivity index (χ0v) is 12.3. The minimum absolute atomic E-state index is 0.00586. The van der Waals surface area contributed by atoms with Crippen molar-refractivity contribution in [2.75, 3.05) is 32.9 Å². The summed E-state index contributed by atoms with van der Waals surface area (Å²) in [6.45, 7) is 3.01. The number of amides is 1. The molecule has 0 bridgehead atoms. The van der Waals surface area contributed by atoms with Gasteiger partial charge in [0.15, 0.2) is 5.69 Å². The van der Waals surface area contributed by atoms with E-state index in [0.29, 0.717) is 31.6 Å². The summed E-state index contributed by atoms with van der Waals surface area (Å²) in [5, 5.41) is 16.7.